The Morgan fingerprint density at radius 3 is 2.65 bits per heavy atom. The van der Waals surface area contributed by atoms with Crippen LogP contribution in [0.25, 0.3) is 0 Å². The molecule has 2 heterocycles. The number of pyridine rings is 1. The van der Waals surface area contributed by atoms with Gasteiger partial charge in [-0.15, -0.1) is 0 Å². The zero-order valence-corrected chi connectivity index (χ0v) is 21.9. The number of unbranched alkanes of at least 4 members (excludes halogenated alkanes) is 1. The van der Waals surface area contributed by atoms with Gasteiger partial charge < -0.3 is 19.3 Å². The molecule has 2 aromatic carbocycles. The van der Waals surface area contributed by atoms with Gasteiger partial charge in [0, 0.05) is 42.9 Å². The summed E-state index contributed by atoms with van der Waals surface area (Å²) >= 11 is 5.89. The van der Waals surface area contributed by atoms with Gasteiger partial charge in [-0.25, -0.2) is 4.39 Å². The fourth-order valence-electron chi connectivity index (χ4n) is 5.10. The molecular weight excluding hydrogens is 495 g/mol. The number of amides is 1. The maximum Gasteiger partial charge on any atom is 0.263 e. The Bertz CT molecular complexity index is 1310. The largest absolute Gasteiger partial charge is 0.494 e. The number of halogens is 2. The third kappa shape index (κ3) is 5.73. The van der Waals surface area contributed by atoms with E-state index < -0.39 is 23.2 Å². The molecule has 1 fully saturated rings. The van der Waals surface area contributed by atoms with Gasteiger partial charge in [0.2, 0.25) is 5.88 Å². The molecule has 1 aliphatic rings. The van der Waals surface area contributed by atoms with Crippen molar-refractivity contribution in [3.63, 3.8) is 0 Å². The average molecular weight is 527 g/mol. The molecular formula is C29H32ClFN2O4. The van der Waals surface area contributed by atoms with Crippen molar-refractivity contribution in [1.29, 1.82) is 0 Å². The molecule has 4 rings (SSSR count). The quantitative estimate of drug-likeness (QED) is 0.396. The van der Waals surface area contributed by atoms with Crippen LogP contribution in [0.2, 0.25) is 5.02 Å². The fourth-order valence-corrected chi connectivity index (χ4v) is 5.26. The minimum absolute atomic E-state index is 0.222. The molecule has 1 saturated heterocycles. The van der Waals surface area contributed by atoms with E-state index in [0.717, 1.165) is 18.4 Å². The summed E-state index contributed by atoms with van der Waals surface area (Å²) in [7, 11) is 1.58. The van der Waals surface area contributed by atoms with Crippen molar-refractivity contribution >= 4 is 17.5 Å². The third-order valence-corrected chi connectivity index (χ3v) is 7.24. The highest BCUT2D eigenvalue weighted by Crippen LogP contribution is 2.33. The first-order valence-electron chi connectivity index (χ1n) is 12.6. The summed E-state index contributed by atoms with van der Waals surface area (Å²) in [5, 5.41) is 11.8. The molecule has 0 spiro atoms. The molecule has 1 aromatic heterocycles. The van der Waals surface area contributed by atoms with Gasteiger partial charge in [-0.05, 0) is 42.5 Å². The number of methoxy groups -OCH3 is 1. The van der Waals surface area contributed by atoms with E-state index in [1.165, 1.54) is 17.0 Å². The van der Waals surface area contributed by atoms with Crippen LogP contribution in [0.3, 0.4) is 0 Å². The molecule has 0 radical (unpaired) electrons. The second kappa shape index (κ2) is 11.9. The molecule has 196 valence electrons. The van der Waals surface area contributed by atoms with Gasteiger partial charge in [0.1, 0.15) is 11.4 Å². The highest BCUT2D eigenvalue weighted by Gasteiger charge is 2.34. The molecule has 6 nitrogen and oxygen atoms in total. The highest BCUT2D eigenvalue weighted by molar-refractivity contribution is 6.30. The van der Waals surface area contributed by atoms with E-state index in [9.17, 15) is 19.1 Å². The first kappa shape index (κ1) is 26.9. The van der Waals surface area contributed by atoms with Crippen LogP contribution in [0.5, 0.6) is 5.88 Å². The number of likely N-dealkylation sites (tertiary alicyclic amines) is 1. The summed E-state index contributed by atoms with van der Waals surface area (Å²) in [6, 6.07) is 15.1. The number of aryl methyl sites for hydroxylation is 1. The third-order valence-electron chi connectivity index (χ3n) is 7.00. The van der Waals surface area contributed by atoms with E-state index in [2.05, 4.69) is 6.92 Å². The minimum atomic E-state index is -0.556. The Morgan fingerprint density at radius 1 is 1.22 bits per heavy atom. The molecule has 0 aliphatic carbocycles. The predicted molar refractivity (Wildman–Crippen MR) is 142 cm³/mol. The Kier molecular flexibility index (Phi) is 8.67. The van der Waals surface area contributed by atoms with Gasteiger partial charge in [0.25, 0.3) is 5.91 Å². The normalized spacial score (nSPS) is 16.2. The Hall–Kier alpha value is -3.16. The number of hydrogen-bond donors (Lipinski definition) is 1. The van der Waals surface area contributed by atoms with Crippen molar-refractivity contribution in [3.05, 3.63) is 98.0 Å². The average Bonchev–Trinajstić information content (AvgIpc) is 3.37. The molecule has 8 heteroatoms. The molecule has 3 aromatic rings. The molecule has 0 bridgehead atoms. The van der Waals surface area contributed by atoms with Crippen molar-refractivity contribution < 1.29 is 19.0 Å². The van der Waals surface area contributed by atoms with Gasteiger partial charge in [0.05, 0.1) is 12.6 Å². The Labute approximate surface area is 221 Å². The first-order chi connectivity index (χ1) is 17.8. The summed E-state index contributed by atoms with van der Waals surface area (Å²) in [6.07, 6.45) is 2.85. The summed E-state index contributed by atoms with van der Waals surface area (Å²) in [4.78, 5) is 28.3. The van der Waals surface area contributed by atoms with Crippen molar-refractivity contribution in [2.45, 2.75) is 44.6 Å². The van der Waals surface area contributed by atoms with Gasteiger partial charge in [-0.2, -0.15) is 0 Å². The van der Waals surface area contributed by atoms with Crippen molar-refractivity contribution in [3.8, 4) is 5.88 Å². The molecule has 1 amide bonds. The monoisotopic (exact) mass is 526 g/mol. The summed E-state index contributed by atoms with van der Waals surface area (Å²) in [5.74, 6) is -1.56. The number of carbonyl (C=O) groups excluding carboxylic acids is 1. The number of ether oxygens (including phenoxy) is 1. The minimum Gasteiger partial charge on any atom is -0.494 e. The fraction of sp³-hybridized carbons (Fsp3) is 0.379. The molecule has 2 atom stereocenters. The van der Waals surface area contributed by atoms with Gasteiger partial charge in [-0.3, -0.25) is 9.59 Å². The lowest BCUT2D eigenvalue weighted by Crippen LogP contribution is -2.34. The lowest BCUT2D eigenvalue weighted by Gasteiger charge is -2.27. The molecule has 37 heavy (non-hydrogen) atoms. The second-order valence-corrected chi connectivity index (χ2v) is 9.89. The van der Waals surface area contributed by atoms with Crippen LogP contribution in [-0.4, -0.2) is 47.3 Å². The predicted octanol–water partition coefficient (Wildman–Crippen LogP) is 5.55. The lowest BCUT2D eigenvalue weighted by atomic mass is 9.98. The number of hydrogen-bond acceptors (Lipinski definition) is 4. The smallest absolute Gasteiger partial charge is 0.263 e. The molecule has 0 saturated carbocycles. The van der Waals surface area contributed by atoms with Gasteiger partial charge >= 0.3 is 0 Å². The molecule has 1 aliphatic heterocycles. The van der Waals surface area contributed by atoms with E-state index in [1.807, 2.05) is 30.3 Å². The zero-order valence-electron chi connectivity index (χ0n) is 21.1. The lowest BCUT2D eigenvalue weighted by molar-refractivity contribution is 0.0783. The molecule has 1 N–H and O–H groups in total. The van der Waals surface area contributed by atoms with Crippen LogP contribution in [0.1, 0.15) is 65.3 Å². The number of rotatable bonds is 9. The number of aromatic hydroxyl groups is 1. The van der Waals surface area contributed by atoms with E-state index >= 15 is 0 Å². The standard InChI is InChI=1S/C29H32ClFN2O4/c1-3-4-10-22-16-26(34)27(29(36)33(22)25(18-37-2)19-8-6-5-7-9-19)28(35)32-14-13-20(17-32)23-12-11-21(30)15-24(23)31/h5-9,11-12,15-16,20,25,36H,3-4,10,13-14,17-18H2,1-2H3/t20?,25-/m0/s1. The van der Waals surface area contributed by atoms with Crippen LogP contribution < -0.4 is 5.43 Å². The van der Waals surface area contributed by atoms with Crippen LogP contribution in [0.15, 0.2) is 59.4 Å². The van der Waals surface area contributed by atoms with Crippen molar-refractivity contribution in [2.75, 3.05) is 26.8 Å². The summed E-state index contributed by atoms with van der Waals surface area (Å²) < 4.78 is 21.7. The van der Waals surface area contributed by atoms with Crippen LogP contribution in [0, 0.1) is 5.82 Å². The first-order valence-corrected chi connectivity index (χ1v) is 13.0. The topological polar surface area (TPSA) is 71.8 Å². The van der Waals surface area contributed by atoms with E-state index in [4.69, 9.17) is 16.3 Å². The Balaban J connectivity index is 1.73. The number of nitrogens with zero attached hydrogens (tertiary/aromatic N) is 2. The number of carbonyl (C=O) groups is 1. The van der Waals surface area contributed by atoms with E-state index in [1.54, 1.807) is 23.8 Å². The zero-order chi connectivity index (χ0) is 26.5. The number of benzene rings is 2. The molecule has 1 unspecified atom stereocenters. The Morgan fingerprint density at radius 2 is 1.97 bits per heavy atom. The maximum absolute atomic E-state index is 14.5. The summed E-state index contributed by atoms with van der Waals surface area (Å²) in [6.45, 7) is 2.89. The van der Waals surface area contributed by atoms with Crippen molar-refractivity contribution in [2.24, 2.45) is 0 Å². The summed E-state index contributed by atoms with van der Waals surface area (Å²) in [5.41, 5.74) is 1.23. The second-order valence-electron chi connectivity index (χ2n) is 9.46. The van der Waals surface area contributed by atoms with Crippen LogP contribution >= 0.6 is 11.6 Å². The van der Waals surface area contributed by atoms with E-state index in [-0.39, 0.29) is 30.5 Å². The highest BCUT2D eigenvalue weighted by atomic mass is 35.5. The van der Waals surface area contributed by atoms with Gasteiger partial charge in [0.15, 0.2) is 5.43 Å². The van der Waals surface area contributed by atoms with Crippen LogP contribution in [-0.2, 0) is 11.2 Å². The number of aromatic nitrogens is 1. The van der Waals surface area contributed by atoms with Crippen molar-refractivity contribution in [1.82, 2.24) is 9.47 Å². The van der Waals surface area contributed by atoms with E-state index in [0.29, 0.717) is 35.7 Å². The maximum atomic E-state index is 14.5. The van der Waals surface area contributed by atoms with Crippen LogP contribution in [0.4, 0.5) is 4.39 Å². The van der Waals surface area contributed by atoms with Gasteiger partial charge in [-0.1, -0.05) is 61.3 Å². The SMILES string of the molecule is CCCCc1cc(=O)c(C(=O)N2CCC(c3ccc(Cl)cc3F)C2)c(O)n1[C@@H](COC)c1ccccc1.